The van der Waals surface area contributed by atoms with Gasteiger partial charge in [0, 0.05) is 42.5 Å². The minimum absolute atomic E-state index is 0.0364. The molecule has 1 aromatic carbocycles. The maximum Gasteiger partial charge on any atom is 0.341 e. The quantitative estimate of drug-likeness (QED) is 0.232. The summed E-state index contributed by atoms with van der Waals surface area (Å²) in [6, 6.07) is 10.1. The van der Waals surface area contributed by atoms with Crippen LogP contribution in [0.4, 0.5) is 5.00 Å². The minimum atomic E-state index is -0.613. The predicted molar refractivity (Wildman–Crippen MR) is 152 cm³/mol. The summed E-state index contributed by atoms with van der Waals surface area (Å²) in [5.41, 5.74) is 3.87. The van der Waals surface area contributed by atoms with E-state index in [0.717, 1.165) is 28.0 Å². The number of aryl methyl sites for hydroxylation is 1. The van der Waals surface area contributed by atoms with E-state index in [-0.39, 0.29) is 28.1 Å². The van der Waals surface area contributed by atoms with E-state index in [0.29, 0.717) is 21.4 Å². The Kier molecular flexibility index (Phi) is 8.34. The van der Waals surface area contributed by atoms with E-state index in [2.05, 4.69) is 40.0 Å². The van der Waals surface area contributed by atoms with Crippen molar-refractivity contribution in [2.24, 2.45) is 7.05 Å². The minimum Gasteiger partial charge on any atom is -0.465 e. The van der Waals surface area contributed by atoms with Crippen molar-refractivity contribution in [1.29, 1.82) is 0 Å². The molecular formula is C26H27N5O4S3. The van der Waals surface area contributed by atoms with Gasteiger partial charge in [0.05, 0.1) is 23.3 Å². The van der Waals surface area contributed by atoms with Crippen molar-refractivity contribution in [1.82, 2.24) is 19.7 Å². The Balaban J connectivity index is 1.53. The number of thioether (sulfide) groups is 1. The molecule has 4 aromatic rings. The Bertz CT molecular complexity index is 1500. The number of aromatic nitrogens is 3. The van der Waals surface area contributed by atoms with Crippen LogP contribution in [0, 0.1) is 13.8 Å². The summed E-state index contributed by atoms with van der Waals surface area (Å²) in [7, 11) is 6.39. The van der Waals surface area contributed by atoms with Crippen molar-refractivity contribution >= 4 is 57.2 Å². The SMILES string of the molecule is COC(=O)c1c(NC(=O)CSc2nnc(-c3csc(C)c3-c3ccccc3)n2C)sc(C(=O)N(C)C)c1C. The molecular weight excluding hydrogens is 543 g/mol. The molecule has 3 heterocycles. The third kappa shape index (κ3) is 5.38. The summed E-state index contributed by atoms with van der Waals surface area (Å²) < 4.78 is 6.76. The van der Waals surface area contributed by atoms with Gasteiger partial charge < -0.3 is 19.5 Å². The van der Waals surface area contributed by atoms with E-state index >= 15 is 0 Å². The molecule has 3 aromatic heterocycles. The largest absolute Gasteiger partial charge is 0.465 e. The highest BCUT2D eigenvalue weighted by Crippen LogP contribution is 2.39. The number of thiophene rings is 2. The van der Waals surface area contributed by atoms with Gasteiger partial charge in [-0.05, 0) is 25.0 Å². The van der Waals surface area contributed by atoms with Gasteiger partial charge in [-0.2, -0.15) is 0 Å². The second kappa shape index (κ2) is 11.5. The fraction of sp³-hybridized carbons (Fsp3) is 0.269. The second-order valence-electron chi connectivity index (χ2n) is 8.60. The molecule has 38 heavy (non-hydrogen) atoms. The van der Waals surface area contributed by atoms with Crippen molar-refractivity contribution in [3.8, 4) is 22.5 Å². The number of nitrogens with zero attached hydrogens (tertiary/aromatic N) is 4. The number of carbonyl (C=O) groups excluding carboxylic acids is 3. The van der Waals surface area contributed by atoms with Crippen molar-refractivity contribution in [3.05, 3.63) is 56.6 Å². The summed E-state index contributed by atoms with van der Waals surface area (Å²) in [5.74, 6) is -0.458. The number of rotatable bonds is 8. The summed E-state index contributed by atoms with van der Waals surface area (Å²) >= 11 is 3.95. The second-order valence-corrected chi connectivity index (χ2v) is 11.6. The molecule has 0 radical (unpaired) electrons. The van der Waals surface area contributed by atoms with Crippen LogP contribution < -0.4 is 5.32 Å². The van der Waals surface area contributed by atoms with E-state index in [1.807, 2.05) is 29.8 Å². The number of nitrogens with one attached hydrogen (secondary N) is 1. The fourth-order valence-corrected chi connectivity index (χ4v) is 6.71. The van der Waals surface area contributed by atoms with Gasteiger partial charge in [0.25, 0.3) is 5.91 Å². The summed E-state index contributed by atoms with van der Waals surface area (Å²) in [5, 5.41) is 14.4. The van der Waals surface area contributed by atoms with Crippen LogP contribution in [-0.2, 0) is 16.6 Å². The number of anilines is 1. The van der Waals surface area contributed by atoms with E-state index in [9.17, 15) is 14.4 Å². The molecule has 2 amide bonds. The van der Waals surface area contributed by atoms with Gasteiger partial charge in [0.1, 0.15) is 5.00 Å². The average Bonchev–Trinajstić information content (AvgIpc) is 3.56. The number of hydrogen-bond acceptors (Lipinski definition) is 9. The van der Waals surface area contributed by atoms with Crippen molar-refractivity contribution in [3.63, 3.8) is 0 Å². The smallest absolute Gasteiger partial charge is 0.341 e. The highest BCUT2D eigenvalue weighted by atomic mass is 32.2. The lowest BCUT2D eigenvalue weighted by atomic mass is 10.0. The summed E-state index contributed by atoms with van der Waals surface area (Å²) in [6.45, 7) is 3.75. The van der Waals surface area contributed by atoms with Crippen molar-refractivity contribution in [2.45, 2.75) is 19.0 Å². The molecule has 0 spiro atoms. The van der Waals surface area contributed by atoms with Crippen LogP contribution in [0.1, 0.15) is 30.5 Å². The van der Waals surface area contributed by atoms with Crippen LogP contribution in [0.3, 0.4) is 0 Å². The average molecular weight is 570 g/mol. The molecule has 0 aliphatic heterocycles. The number of ether oxygens (including phenoxy) is 1. The number of methoxy groups -OCH3 is 1. The van der Waals surface area contributed by atoms with Gasteiger partial charge in [0.2, 0.25) is 5.91 Å². The molecule has 0 unspecified atom stereocenters. The molecule has 1 N–H and O–H groups in total. The zero-order valence-corrected chi connectivity index (χ0v) is 24.3. The van der Waals surface area contributed by atoms with Crippen LogP contribution >= 0.6 is 34.4 Å². The molecule has 0 aliphatic rings. The highest BCUT2D eigenvalue weighted by Gasteiger charge is 2.27. The van der Waals surface area contributed by atoms with Gasteiger partial charge in [-0.15, -0.1) is 32.9 Å². The van der Waals surface area contributed by atoms with Gasteiger partial charge in [-0.1, -0.05) is 42.1 Å². The van der Waals surface area contributed by atoms with E-state index in [1.54, 1.807) is 32.4 Å². The maximum atomic E-state index is 12.9. The summed E-state index contributed by atoms with van der Waals surface area (Å²) in [6.07, 6.45) is 0. The Hall–Kier alpha value is -3.48. The molecule has 4 rings (SSSR count). The van der Waals surface area contributed by atoms with Crippen molar-refractivity contribution < 1.29 is 19.1 Å². The first kappa shape index (κ1) is 27.6. The first-order valence-corrected chi connectivity index (χ1v) is 14.2. The Labute approximate surface area is 232 Å². The standard InChI is InChI=1S/C26H27N5O4S3/c1-14-19(25(34)35-6)23(38-21(14)24(33)30(3)4)27-18(32)13-37-26-29-28-22(31(26)5)17-12-36-15(2)20(17)16-10-8-7-9-11-16/h7-12H,13H2,1-6H3,(H,27,32). The molecule has 0 atom stereocenters. The lowest BCUT2D eigenvalue weighted by Crippen LogP contribution is -2.21. The number of hydrogen-bond donors (Lipinski definition) is 1. The number of carbonyl (C=O) groups is 3. The third-order valence-electron chi connectivity index (χ3n) is 5.84. The Morgan fingerprint density at radius 3 is 2.50 bits per heavy atom. The molecule has 198 valence electrons. The fourth-order valence-electron chi connectivity index (χ4n) is 3.91. The highest BCUT2D eigenvalue weighted by molar-refractivity contribution is 7.99. The number of esters is 1. The van der Waals surface area contributed by atoms with Crippen LogP contribution in [0.15, 0.2) is 40.9 Å². The van der Waals surface area contributed by atoms with Gasteiger partial charge >= 0.3 is 5.97 Å². The van der Waals surface area contributed by atoms with Crippen LogP contribution in [0.5, 0.6) is 0 Å². The Morgan fingerprint density at radius 1 is 1.13 bits per heavy atom. The monoisotopic (exact) mass is 569 g/mol. The van der Waals surface area contributed by atoms with Gasteiger partial charge in [-0.3, -0.25) is 9.59 Å². The number of benzene rings is 1. The van der Waals surface area contributed by atoms with E-state index in [1.165, 1.54) is 28.6 Å². The Morgan fingerprint density at radius 2 is 1.84 bits per heavy atom. The van der Waals surface area contributed by atoms with E-state index < -0.39 is 5.97 Å². The van der Waals surface area contributed by atoms with E-state index in [4.69, 9.17) is 4.74 Å². The third-order valence-corrected chi connectivity index (χ3v) is 8.96. The van der Waals surface area contributed by atoms with Crippen LogP contribution in [-0.4, -0.2) is 64.4 Å². The van der Waals surface area contributed by atoms with Crippen molar-refractivity contribution in [2.75, 3.05) is 32.3 Å². The summed E-state index contributed by atoms with van der Waals surface area (Å²) in [4.78, 5) is 40.8. The lowest BCUT2D eigenvalue weighted by Gasteiger charge is -2.08. The molecule has 0 bridgehead atoms. The van der Waals surface area contributed by atoms with Gasteiger partial charge in [-0.25, -0.2) is 4.79 Å². The molecule has 12 heteroatoms. The molecule has 9 nitrogen and oxygen atoms in total. The number of amides is 2. The predicted octanol–water partition coefficient (Wildman–Crippen LogP) is 5.11. The topological polar surface area (TPSA) is 106 Å². The zero-order chi connectivity index (χ0) is 27.6. The maximum absolute atomic E-state index is 12.9. The molecule has 0 aliphatic carbocycles. The van der Waals surface area contributed by atoms with Gasteiger partial charge in [0.15, 0.2) is 11.0 Å². The normalized spacial score (nSPS) is 10.9. The molecule has 0 saturated carbocycles. The van der Waals surface area contributed by atoms with Crippen LogP contribution in [0.25, 0.3) is 22.5 Å². The molecule has 0 saturated heterocycles. The zero-order valence-electron chi connectivity index (χ0n) is 21.8. The molecule has 0 fully saturated rings. The first-order valence-electron chi connectivity index (χ1n) is 11.5. The van der Waals surface area contributed by atoms with Crippen LogP contribution in [0.2, 0.25) is 0 Å². The first-order chi connectivity index (χ1) is 18.1. The lowest BCUT2D eigenvalue weighted by molar-refractivity contribution is -0.113.